The number of rotatable bonds is 12. The van der Waals surface area contributed by atoms with Crippen molar-refractivity contribution in [2.45, 2.75) is 90.9 Å². The van der Waals surface area contributed by atoms with Gasteiger partial charge in [-0.25, -0.2) is 0 Å². The minimum atomic E-state index is 0.470. The maximum Gasteiger partial charge on any atom is 0.0851 e. The SMILES string of the molecule is CCCCCCCCCCCCC/C=C(\C)O. The van der Waals surface area contributed by atoms with Crippen molar-refractivity contribution in [1.29, 1.82) is 0 Å². The van der Waals surface area contributed by atoms with Gasteiger partial charge >= 0.3 is 0 Å². The Morgan fingerprint density at radius 2 is 1.18 bits per heavy atom. The van der Waals surface area contributed by atoms with Gasteiger partial charge in [-0.2, -0.15) is 0 Å². The molecule has 0 bridgehead atoms. The zero-order valence-corrected chi connectivity index (χ0v) is 12.0. The molecule has 1 N–H and O–H groups in total. The van der Waals surface area contributed by atoms with Crippen LogP contribution in [0.1, 0.15) is 90.9 Å². The summed E-state index contributed by atoms with van der Waals surface area (Å²) in [6, 6.07) is 0. The number of aliphatic hydroxyl groups is 1. The normalized spacial score (nSPS) is 12.0. The molecule has 0 rings (SSSR count). The van der Waals surface area contributed by atoms with Crippen molar-refractivity contribution in [3.63, 3.8) is 0 Å². The molecule has 0 saturated carbocycles. The molecule has 1 nitrogen and oxygen atoms in total. The molecule has 17 heavy (non-hydrogen) atoms. The highest BCUT2D eigenvalue weighted by Crippen LogP contribution is 2.12. The second-order valence-corrected chi connectivity index (χ2v) is 5.17. The Labute approximate surface area is 108 Å². The van der Waals surface area contributed by atoms with Gasteiger partial charge in [-0.3, -0.25) is 0 Å². The van der Waals surface area contributed by atoms with E-state index in [-0.39, 0.29) is 0 Å². The molecule has 0 radical (unpaired) electrons. The molecule has 1 heteroatoms. The van der Waals surface area contributed by atoms with Crippen molar-refractivity contribution < 1.29 is 5.11 Å². The van der Waals surface area contributed by atoms with E-state index in [4.69, 9.17) is 5.11 Å². The van der Waals surface area contributed by atoms with Crippen LogP contribution in [0.5, 0.6) is 0 Å². The molecular weight excluding hydrogens is 208 g/mol. The summed E-state index contributed by atoms with van der Waals surface area (Å²) >= 11 is 0. The highest BCUT2D eigenvalue weighted by molar-refractivity contribution is 4.85. The number of aliphatic hydroxyl groups excluding tert-OH is 1. The van der Waals surface area contributed by atoms with E-state index in [1.165, 1.54) is 70.6 Å². The predicted octanol–water partition coefficient (Wildman–Crippen LogP) is 6.15. The molecule has 0 aromatic carbocycles. The minimum absolute atomic E-state index is 0.470. The van der Waals surface area contributed by atoms with E-state index in [9.17, 15) is 0 Å². The lowest BCUT2D eigenvalue weighted by atomic mass is 10.1. The third kappa shape index (κ3) is 15.5. The molecule has 0 fully saturated rings. The van der Waals surface area contributed by atoms with Gasteiger partial charge in [0.15, 0.2) is 0 Å². The Morgan fingerprint density at radius 3 is 1.59 bits per heavy atom. The molecule has 0 aliphatic heterocycles. The molecule has 0 atom stereocenters. The maximum absolute atomic E-state index is 8.97. The molecule has 0 saturated heterocycles. The quantitative estimate of drug-likeness (QED) is 0.320. The van der Waals surface area contributed by atoms with Crippen LogP contribution in [0.15, 0.2) is 11.8 Å². The van der Waals surface area contributed by atoms with Crippen molar-refractivity contribution >= 4 is 0 Å². The van der Waals surface area contributed by atoms with Crippen LogP contribution in [-0.2, 0) is 0 Å². The van der Waals surface area contributed by atoms with E-state index in [1.54, 1.807) is 6.92 Å². The van der Waals surface area contributed by atoms with Crippen LogP contribution in [0.4, 0.5) is 0 Å². The smallest absolute Gasteiger partial charge is 0.0851 e. The highest BCUT2D eigenvalue weighted by atomic mass is 16.3. The summed E-state index contributed by atoms with van der Waals surface area (Å²) in [7, 11) is 0. The molecule has 102 valence electrons. The van der Waals surface area contributed by atoms with Crippen LogP contribution in [0.25, 0.3) is 0 Å². The average molecular weight is 240 g/mol. The summed E-state index contributed by atoms with van der Waals surface area (Å²) in [5.74, 6) is 0.470. The van der Waals surface area contributed by atoms with E-state index in [0.717, 1.165) is 6.42 Å². The summed E-state index contributed by atoms with van der Waals surface area (Å²) in [5.41, 5.74) is 0. The van der Waals surface area contributed by atoms with Crippen molar-refractivity contribution in [2.24, 2.45) is 0 Å². The summed E-state index contributed by atoms with van der Waals surface area (Å²) < 4.78 is 0. The maximum atomic E-state index is 8.97. The van der Waals surface area contributed by atoms with Gasteiger partial charge in [0.1, 0.15) is 0 Å². The molecular formula is C16H32O. The molecule has 0 aromatic heterocycles. The van der Waals surface area contributed by atoms with Crippen LogP contribution >= 0.6 is 0 Å². The van der Waals surface area contributed by atoms with Gasteiger partial charge in [0.05, 0.1) is 5.76 Å². The Kier molecular flexibility index (Phi) is 13.2. The lowest BCUT2D eigenvalue weighted by Gasteiger charge is -2.01. The van der Waals surface area contributed by atoms with E-state index in [2.05, 4.69) is 6.92 Å². The van der Waals surface area contributed by atoms with Gasteiger partial charge in [0.2, 0.25) is 0 Å². The molecule has 0 aliphatic carbocycles. The van der Waals surface area contributed by atoms with Crippen molar-refractivity contribution in [2.75, 3.05) is 0 Å². The first-order valence-electron chi connectivity index (χ1n) is 7.63. The van der Waals surface area contributed by atoms with Crippen LogP contribution in [0.2, 0.25) is 0 Å². The van der Waals surface area contributed by atoms with Gasteiger partial charge in [-0.1, -0.05) is 71.1 Å². The Bertz CT molecular complexity index is 168. The highest BCUT2D eigenvalue weighted by Gasteiger charge is 1.92. The first-order chi connectivity index (χ1) is 8.27. The fourth-order valence-corrected chi connectivity index (χ4v) is 2.12. The van der Waals surface area contributed by atoms with Crippen LogP contribution in [0.3, 0.4) is 0 Å². The summed E-state index contributed by atoms with van der Waals surface area (Å²) in [6.45, 7) is 4.02. The summed E-state index contributed by atoms with van der Waals surface area (Å²) in [5, 5.41) is 8.97. The van der Waals surface area contributed by atoms with Gasteiger partial charge < -0.3 is 5.11 Å². The van der Waals surface area contributed by atoms with Gasteiger partial charge in [0, 0.05) is 0 Å². The third-order valence-corrected chi connectivity index (χ3v) is 3.25. The van der Waals surface area contributed by atoms with Crippen LogP contribution in [-0.4, -0.2) is 5.11 Å². The van der Waals surface area contributed by atoms with Crippen LogP contribution < -0.4 is 0 Å². The van der Waals surface area contributed by atoms with Crippen molar-refractivity contribution in [1.82, 2.24) is 0 Å². The van der Waals surface area contributed by atoms with Crippen LogP contribution in [0, 0.1) is 0 Å². The minimum Gasteiger partial charge on any atom is -0.513 e. The van der Waals surface area contributed by atoms with E-state index < -0.39 is 0 Å². The third-order valence-electron chi connectivity index (χ3n) is 3.25. The van der Waals surface area contributed by atoms with Crippen molar-refractivity contribution in [3.8, 4) is 0 Å². The molecule has 0 aliphatic rings. The summed E-state index contributed by atoms with van der Waals surface area (Å²) in [4.78, 5) is 0. The monoisotopic (exact) mass is 240 g/mol. The van der Waals surface area contributed by atoms with E-state index >= 15 is 0 Å². The fourth-order valence-electron chi connectivity index (χ4n) is 2.12. The lowest BCUT2D eigenvalue weighted by Crippen LogP contribution is -1.82. The largest absolute Gasteiger partial charge is 0.513 e. The Morgan fingerprint density at radius 1 is 0.765 bits per heavy atom. The lowest BCUT2D eigenvalue weighted by molar-refractivity contribution is 0.410. The fraction of sp³-hybridized carbons (Fsp3) is 0.875. The van der Waals surface area contributed by atoms with E-state index in [1.807, 2.05) is 6.08 Å². The van der Waals surface area contributed by atoms with Gasteiger partial charge in [-0.05, 0) is 25.8 Å². The number of hydrogen-bond donors (Lipinski definition) is 1. The zero-order valence-electron chi connectivity index (χ0n) is 12.0. The number of allylic oxidation sites excluding steroid dienone is 2. The van der Waals surface area contributed by atoms with Gasteiger partial charge in [0.25, 0.3) is 0 Å². The molecule has 0 amide bonds. The van der Waals surface area contributed by atoms with E-state index in [0.29, 0.717) is 5.76 Å². The zero-order chi connectivity index (χ0) is 12.8. The average Bonchev–Trinajstić information content (AvgIpc) is 2.30. The Hall–Kier alpha value is -0.460. The Balaban J connectivity index is 2.96. The number of hydrogen-bond acceptors (Lipinski definition) is 1. The summed E-state index contributed by atoms with van der Waals surface area (Å²) in [6.07, 6.45) is 18.2. The first-order valence-corrected chi connectivity index (χ1v) is 7.63. The van der Waals surface area contributed by atoms with Gasteiger partial charge in [-0.15, -0.1) is 0 Å². The standard InChI is InChI=1S/C16H32O/c1-3-4-5-6-7-8-9-10-11-12-13-14-15-16(2)17/h15,17H,3-14H2,1-2H3/b16-15+. The molecule has 0 heterocycles. The van der Waals surface area contributed by atoms with Crippen molar-refractivity contribution in [3.05, 3.63) is 11.8 Å². The topological polar surface area (TPSA) is 20.2 Å². The second-order valence-electron chi connectivity index (χ2n) is 5.17. The molecule has 0 aromatic rings. The second kappa shape index (κ2) is 13.6. The number of unbranched alkanes of at least 4 members (excludes halogenated alkanes) is 11. The predicted molar refractivity (Wildman–Crippen MR) is 77.5 cm³/mol. The molecule has 0 unspecified atom stereocenters. The molecule has 0 spiro atoms. The first kappa shape index (κ1) is 16.5.